The molecule has 4 heteroatoms. The summed E-state index contributed by atoms with van der Waals surface area (Å²) in [4.78, 5) is 12.2. The molecule has 0 spiro atoms. The van der Waals surface area contributed by atoms with Crippen molar-refractivity contribution in [2.24, 2.45) is 16.2 Å². The number of esters is 1. The molecule has 0 amide bonds. The van der Waals surface area contributed by atoms with Crippen LogP contribution < -0.4 is 0 Å². The molecule has 0 aromatic heterocycles. The van der Waals surface area contributed by atoms with Gasteiger partial charge >= 0.3 is 5.97 Å². The zero-order valence-corrected chi connectivity index (χ0v) is 11.0. The molecule has 2 fully saturated rings. The molecule has 2 rings (SSSR count). The van der Waals surface area contributed by atoms with Crippen LogP contribution in [-0.2, 0) is 9.53 Å². The standard InChI is InChI=1S/C13H22O4/c1-5-17-10(16)13-7-6-12(4,11(13,2)3)8(14)9(13)15/h8-9,14-15H,5-7H2,1-4H3/t8-,9-,12-,13+/m0/s1. The summed E-state index contributed by atoms with van der Waals surface area (Å²) in [6.07, 6.45) is -0.532. The van der Waals surface area contributed by atoms with E-state index in [1.54, 1.807) is 6.92 Å². The first-order valence-electron chi connectivity index (χ1n) is 6.29. The van der Waals surface area contributed by atoms with E-state index in [1.807, 2.05) is 20.8 Å². The van der Waals surface area contributed by atoms with Crippen molar-refractivity contribution < 1.29 is 19.7 Å². The summed E-state index contributed by atoms with van der Waals surface area (Å²) in [6.45, 7) is 7.92. The van der Waals surface area contributed by atoms with Crippen LogP contribution in [0.25, 0.3) is 0 Å². The van der Waals surface area contributed by atoms with Crippen LogP contribution in [0.3, 0.4) is 0 Å². The highest BCUT2D eigenvalue weighted by Crippen LogP contribution is 2.72. The third kappa shape index (κ3) is 1.13. The molecular formula is C13H22O4. The Morgan fingerprint density at radius 2 is 1.82 bits per heavy atom. The Hall–Kier alpha value is -0.610. The predicted octanol–water partition coefficient (Wildman–Crippen LogP) is 1.10. The Morgan fingerprint density at radius 1 is 1.24 bits per heavy atom. The van der Waals surface area contributed by atoms with Crippen molar-refractivity contribution in [2.45, 2.75) is 52.7 Å². The lowest BCUT2D eigenvalue weighted by Crippen LogP contribution is -2.49. The van der Waals surface area contributed by atoms with Gasteiger partial charge in [-0.2, -0.15) is 0 Å². The molecule has 2 N–H and O–H groups in total. The third-order valence-corrected chi connectivity index (χ3v) is 5.68. The largest absolute Gasteiger partial charge is 0.465 e. The number of hydrogen-bond donors (Lipinski definition) is 2. The lowest BCUT2D eigenvalue weighted by Gasteiger charge is -2.39. The highest BCUT2D eigenvalue weighted by molar-refractivity contribution is 5.81. The Morgan fingerprint density at radius 3 is 2.24 bits per heavy atom. The lowest BCUT2D eigenvalue weighted by molar-refractivity contribution is -0.171. The van der Waals surface area contributed by atoms with Gasteiger partial charge in [0.15, 0.2) is 0 Å². The lowest BCUT2D eigenvalue weighted by atomic mass is 9.64. The summed E-state index contributed by atoms with van der Waals surface area (Å²) < 4.78 is 5.14. The van der Waals surface area contributed by atoms with Gasteiger partial charge in [0.05, 0.1) is 18.8 Å². The first-order valence-corrected chi connectivity index (χ1v) is 6.29. The van der Waals surface area contributed by atoms with Gasteiger partial charge in [0.2, 0.25) is 0 Å². The predicted molar refractivity (Wildman–Crippen MR) is 62.2 cm³/mol. The maximum absolute atomic E-state index is 12.2. The number of carbonyl (C=O) groups excluding carboxylic acids is 1. The second-order valence-electron chi connectivity index (χ2n) is 6.12. The summed E-state index contributed by atoms with van der Waals surface area (Å²) in [5.41, 5.74) is -1.82. The number of ether oxygens (including phenoxy) is 1. The molecule has 0 saturated heterocycles. The summed E-state index contributed by atoms with van der Waals surface area (Å²) >= 11 is 0. The van der Waals surface area contributed by atoms with Crippen LogP contribution in [0.15, 0.2) is 0 Å². The molecule has 98 valence electrons. The highest BCUT2D eigenvalue weighted by Gasteiger charge is 2.77. The SMILES string of the molecule is CCOC(=O)[C@@]12CC[C@@](C)([C@@H](O)[C@@H]1O)C2(C)C. The Bertz CT molecular complexity index is 351. The average molecular weight is 242 g/mol. The molecule has 2 saturated carbocycles. The number of aliphatic hydroxyl groups excluding tert-OH is 2. The molecule has 2 aliphatic carbocycles. The van der Waals surface area contributed by atoms with Gasteiger partial charge < -0.3 is 14.9 Å². The van der Waals surface area contributed by atoms with Crippen molar-refractivity contribution in [1.82, 2.24) is 0 Å². The van der Waals surface area contributed by atoms with Gasteiger partial charge in [-0.15, -0.1) is 0 Å². The van der Waals surface area contributed by atoms with E-state index in [0.29, 0.717) is 13.0 Å². The minimum atomic E-state index is -1.02. The van der Waals surface area contributed by atoms with Crippen LogP contribution in [0.5, 0.6) is 0 Å². The van der Waals surface area contributed by atoms with Gasteiger partial charge in [-0.25, -0.2) is 0 Å². The summed E-state index contributed by atoms with van der Waals surface area (Å²) in [5, 5.41) is 20.5. The average Bonchev–Trinajstić information content (AvgIpc) is 2.52. The van der Waals surface area contributed by atoms with Crippen molar-refractivity contribution in [2.75, 3.05) is 6.61 Å². The topological polar surface area (TPSA) is 66.8 Å². The summed E-state index contributed by atoms with van der Waals surface area (Å²) in [6, 6.07) is 0. The quantitative estimate of drug-likeness (QED) is 0.712. The van der Waals surface area contributed by atoms with E-state index in [0.717, 1.165) is 6.42 Å². The molecular weight excluding hydrogens is 220 g/mol. The zero-order chi connectivity index (χ0) is 13.1. The normalized spacial score (nSPS) is 47.2. The van der Waals surface area contributed by atoms with Crippen LogP contribution in [0.2, 0.25) is 0 Å². The minimum absolute atomic E-state index is 0.302. The third-order valence-electron chi connectivity index (χ3n) is 5.68. The molecule has 0 aromatic carbocycles. The fraction of sp³-hybridized carbons (Fsp3) is 0.923. The molecule has 17 heavy (non-hydrogen) atoms. The molecule has 0 aromatic rings. The molecule has 0 unspecified atom stereocenters. The van der Waals surface area contributed by atoms with Crippen LogP contribution in [0.4, 0.5) is 0 Å². The van der Waals surface area contributed by atoms with Crippen LogP contribution in [0.1, 0.15) is 40.5 Å². The summed E-state index contributed by atoms with van der Waals surface area (Å²) in [5.74, 6) is -0.363. The van der Waals surface area contributed by atoms with E-state index in [4.69, 9.17) is 4.74 Å². The molecule has 0 heterocycles. The Kier molecular flexibility index (Phi) is 2.61. The van der Waals surface area contributed by atoms with Crippen LogP contribution in [-0.4, -0.2) is 35.0 Å². The minimum Gasteiger partial charge on any atom is -0.465 e. The van der Waals surface area contributed by atoms with E-state index in [2.05, 4.69) is 0 Å². The van der Waals surface area contributed by atoms with Gasteiger partial charge in [0.1, 0.15) is 5.41 Å². The monoisotopic (exact) mass is 242 g/mol. The van der Waals surface area contributed by atoms with Crippen LogP contribution in [0, 0.1) is 16.2 Å². The van der Waals surface area contributed by atoms with Crippen molar-refractivity contribution in [3.63, 3.8) is 0 Å². The van der Waals surface area contributed by atoms with E-state index >= 15 is 0 Å². The first kappa shape index (κ1) is 12.8. The molecule has 2 bridgehead atoms. The zero-order valence-electron chi connectivity index (χ0n) is 11.0. The van der Waals surface area contributed by atoms with Crippen molar-refractivity contribution in [1.29, 1.82) is 0 Å². The van der Waals surface area contributed by atoms with Gasteiger partial charge in [-0.3, -0.25) is 4.79 Å². The van der Waals surface area contributed by atoms with Crippen LogP contribution >= 0.6 is 0 Å². The second-order valence-corrected chi connectivity index (χ2v) is 6.12. The smallest absolute Gasteiger partial charge is 0.315 e. The number of aliphatic hydroxyl groups is 2. The maximum atomic E-state index is 12.2. The molecule has 4 nitrogen and oxygen atoms in total. The molecule has 2 aliphatic rings. The summed E-state index contributed by atoms with van der Waals surface area (Å²) in [7, 11) is 0. The Balaban J connectivity index is 2.50. The van der Waals surface area contributed by atoms with E-state index in [1.165, 1.54) is 0 Å². The first-order chi connectivity index (χ1) is 7.75. The molecule has 0 radical (unpaired) electrons. The highest BCUT2D eigenvalue weighted by atomic mass is 16.5. The van der Waals surface area contributed by atoms with Crippen molar-refractivity contribution >= 4 is 5.97 Å². The fourth-order valence-electron chi connectivity index (χ4n) is 3.98. The number of carbonyl (C=O) groups is 1. The Labute approximate surface area is 102 Å². The van der Waals surface area contributed by atoms with Crippen molar-refractivity contribution in [3.8, 4) is 0 Å². The maximum Gasteiger partial charge on any atom is 0.315 e. The van der Waals surface area contributed by atoms with Gasteiger partial charge in [0, 0.05) is 5.41 Å². The number of rotatable bonds is 2. The van der Waals surface area contributed by atoms with E-state index in [9.17, 15) is 15.0 Å². The number of fused-ring (bicyclic) bond motifs is 2. The van der Waals surface area contributed by atoms with Gasteiger partial charge in [-0.05, 0) is 25.2 Å². The van der Waals surface area contributed by atoms with Gasteiger partial charge in [-0.1, -0.05) is 20.8 Å². The van der Waals surface area contributed by atoms with E-state index in [-0.39, 0.29) is 5.97 Å². The molecule has 0 aliphatic heterocycles. The van der Waals surface area contributed by atoms with Crippen molar-refractivity contribution in [3.05, 3.63) is 0 Å². The van der Waals surface area contributed by atoms with E-state index < -0.39 is 28.5 Å². The van der Waals surface area contributed by atoms with Gasteiger partial charge in [0.25, 0.3) is 0 Å². The second kappa shape index (κ2) is 3.45. The number of hydrogen-bond acceptors (Lipinski definition) is 4. The molecule has 4 atom stereocenters. The fourth-order valence-corrected chi connectivity index (χ4v) is 3.98.